The van der Waals surface area contributed by atoms with Gasteiger partial charge in [-0.2, -0.15) is 13.2 Å². The summed E-state index contributed by atoms with van der Waals surface area (Å²) in [5, 5.41) is 11.8. The number of hydrogen-bond donors (Lipinski definition) is 2. The van der Waals surface area contributed by atoms with Crippen LogP contribution >= 0.6 is 0 Å². The van der Waals surface area contributed by atoms with Crippen molar-refractivity contribution in [2.45, 2.75) is 122 Å². The maximum atomic E-state index is 12.5. The van der Waals surface area contributed by atoms with Gasteiger partial charge in [0.15, 0.2) is 0 Å². The van der Waals surface area contributed by atoms with Crippen LogP contribution in [0.5, 0.6) is 0 Å². The van der Waals surface area contributed by atoms with Crippen LogP contribution in [0.25, 0.3) is 4.85 Å². The summed E-state index contributed by atoms with van der Waals surface area (Å²) in [4.78, 5) is 26.3. The van der Waals surface area contributed by atoms with Gasteiger partial charge in [-0.25, -0.2) is 4.85 Å². The van der Waals surface area contributed by atoms with Crippen LogP contribution in [0.3, 0.4) is 0 Å². The molecular formula is C31H45CuF3N2O4. The number of carbonyl (C=O) groups excluding carboxylic acids is 2. The summed E-state index contributed by atoms with van der Waals surface area (Å²) < 4.78 is 42.2. The van der Waals surface area contributed by atoms with Gasteiger partial charge < -0.3 is 15.2 Å². The van der Waals surface area contributed by atoms with Crippen LogP contribution in [0.15, 0.2) is 35.7 Å². The molecule has 1 aromatic rings. The summed E-state index contributed by atoms with van der Waals surface area (Å²) in [6.45, 7) is 8.66. The molecule has 6 nitrogen and oxygen atoms in total. The van der Waals surface area contributed by atoms with E-state index in [4.69, 9.17) is 11.7 Å². The minimum absolute atomic E-state index is 0. The molecule has 0 atom stereocenters. The van der Waals surface area contributed by atoms with Gasteiger partial charge in [-0.1, -0.05) is 109 Å². The smallest absolute Gasteiger partial charge is 0.438 e. The number of halogens is 3. The van der Waals surface area contributed by atoms with Crippen molar-refractivity contribution in [2.75, 3.05) is 11.9 Å². The zero-order chi connectivity index (χ0) is 29.6. The number of carbonyl (C=O) groups is 2. The Bertz CT molecular complexity index is 944. The Balaban J connectivity index is 0.0000160. The van der Waals surface area contributed by atoms with Crippen LogP contribution in [0.1, 0.15) is 115 Å². The van der Waals surface area contributed by atoms with Crippen molar-refractivity contribution in [1.29, 1.82) is 0 Å². The van der Waals surface area contributed by atoms with Crippen LogP contribution in [-0.4, -0.2) is 29.8 Å². The number of nitrogens with one attached hydrogen (secondary N) is 1. The molecule has 0 saturated carbocycles. The molecule has 10 heteroatoms. The average Bonchev–Trinajstić information content (AvgIpc) is 2.91. The van der Waals surface area contributed by atoms with Gasteiger partial charge in [-0.05, 0) is 24.1 Å². The summed E-state index contributed by atoms with van der Waals surface area (Å²) in [6, 6.07) is 6.80. The SMILES string of the molecule is [C-]#[N+]/C(C(=O)OCCc1ccc(NC(=O)CCCCCCCCCCCCCCCCC)cc1)=C(/O)C(F)(F)F.[Cu]. The first kappa shape index (κ1) is 38.5. The Morgan fingerprint density at radius 2 is 1.32 bits per heavy atom. The molecule has 0 unspecified atom stereocenters. The zero-order valence-corrected chi connectivity index (χ0v) is 25.0. The third kappa shape index (κ3) is 18.5. The van der Waals surface area contributed by atoms with Crippen molar-refractivity contribution in [3.8, 4) is 0 Å². The molecule has 1 aromatic carbocycles. The van der Waals surface area contributed by atoms with Gasteiger partial charge in [0, 0.05) is 35.6 Å². The van der Waals surface area contributed by atoms with E-state index in [0.717, 1.165) is 24.8 Å². The number of unbranched alkanes of at least 4 members (excludes halogenated alkanes) is 14. The number of rotatable bonds is 21. The second kappa shape index (κ2) is 23.1. The van der Waals surface area contributed by atoms with Crippen LogP contribution < -0.4 is 5.32 Å². The summed E-state index contributed by atoms with van der Waals surface area (Å²) in [5.41, 5.74) is -0.152. The number of esters is 1. The van der Waals surface area contributed by atoms with Crippen LogP contribution in [0, 0.1) is 6.57 Å². The summed E-state index contributed by atoms with van der Waals surface area (Å²) in [6.07, 6.45) is 14.5. The molecule has 41 heavy (non-hydrogen) atoms. The number of amides is 1. The Labute approximate surface area is 253 Å². The molecule has 0 aliphatic carbocycles. The molecule has 0 fully saturated rings. The monoisotopic (exact) mass is 629 g/mol. The largest absolute Gasteiger partial charge is 0.515 e. The average molecular weight is 630 g/mol. The maximum absolute atomic E-state index is 12.5. The van der Waals surface area contributed by atoms with Gasteiger partial charge >= 0.3 is 17.8 Å². The quantitative estimate of drug-likeness (QED) is 0.0355. The van der Waals surface area contributed by atoms with E-state index in [0.29, 0.717) is 12.1 Å². The Kier molecular flexibility index (Phi) is 21.7. The van der Waals surface area contributed by atoms with Gasteiger partial charge in [0.2, 0.25) is 11.7 Å². The first-order valence-electron chi connectivity index (χ1n) is 14.6. The van der Waals surface area contributed by atoms with Crippen LogP contribution in [0.4, 0.5) is 18.9 Å². The minimum atomic E-state index is -5.20. The predicted octanol–water partition coefficient (Wildman–Crippen LogP) is 9.22. The van der Waals surface area contributed by atoms with Crippen molar-refractivity contribution in [2.24, 2.45) is 0 Å². The van der Waals surface area contributed by atoms with Gasteiger partial charge in [0.05, 0.1) is 13.2 Å². The number of nitrogens with zero attached hydrogens (tertiary/aromatic N) is 1. The van der Waals surface area contributed by atoms with E-state index in [9.17, 15) is 22.8 Å². The van der Waals surface area contributed by atoms with Gasteiger partial charge in [0.25, 0.3) is 0 Å². The molecule has 2 N–H and O–H groups in total. The van der Waals surface area contributed by atoms with E-state index in [1.165, 1.54) is 77.0 Å². The third-order valence-electron chi connectivity index (χ3n) is 6.67. The normalized spacial score (nSPS) is 11.7. The molecule has 0 aliphatic rings. The van der Waals surface area contributed by atoms with Crippen molar-refractivity contribution in [3.05, 3.63) is 52.7 Å². The fraction of sp³-hybridized carbons (Fsp3) is 0.645. The van der Waals surface area contributed by atoms with Crippen molar-refractivity contribution in [1.82, 2.24) is 0 Å². The molecule has 0 saturated heterocycles. The van der Waals surface area contributed by atoms with E-state index >= 15 is 0 Å². The van der Waals surface area contributed by atoms with Crippen LogP contribution in [-0.2, 0) is 37.8 Å². The number of ether oxygens (including phenoxy) is 1. The fourth-order valence-corrected chi connectivity index (χ4v) is 4.29. The summed E-state index contributed by atoms with van der Waals surface area (Å²) in [5.74, 6) is -3.86. The Morgan fingerprint density at radius 3 is 1.76 bits per heavy atom. The molecule has 0 heterocycles. The van der Waals surface area contributed by atoms with E-state index in [1.54, 1.807) is 24.3 Å². The molecule has 1 rings (SSSR count). The van der Waals surface area contributed by atoms with E-state index in [2.05, 4.69) is 21.8 Å². The van der Waals surface area contributed by atoms with Gasteiger partial charge in [-0.3, -0.25) is 9.59 Å². The number of aliphatic hydroxyl groups excluding tert-OH is 1. The zero-order valence-electron chi connectivity index (χ0n) is 24.1. The molecule has 0 bridgehead atoms. The molecule has 235 valence electrons. The maximum Gasteiger partial charge on any atom is 0.438 e. The minimum Gasteiger partial charge on any atom is -0.515 e. The predicted molar refractivity (Wildman–Crippen MR) is 152 cm³/mol. The van der Waals surface area contributed by atoms with Crippen molar-refractivity contribution < 1.29 is 49.7 Å². The standard InChI is InChI=1S/C31H45F3N2O4.Cu/c1-3-4-5-6-7-8-9-10-11-12-13-14-15-16-17-18-27(37)36-26-21-19-25(20-22-26)23-24-40-30(39)28(35-2)29(38)31(32,33)34;/h19-22,38H,3-18,23-24H2,1H3,(H,36,37);/b29-28+;. The number of aliphatic hydroxyl groups is 1. The van der Waals surface area contributed by atoms with Crippen molar-refractivity contribution in [3.63, 3.8) is 0 Å². The summed E-state index contributed by atoms with van der Waals surface area (Å²) >= 11 is 0. The summed E-state index contributed by atoms with van der Waals surface area (Å²) in [7, 11) is 0. The molecule has 1 amide bonds. The second-order valence-electron chi connectivity index (χ2n) is 10.1. The number of benzene rings is 1. The number of hydrogen-bond acceptors (Lipinski definition) is 4. The topological polar surface area (TPSA) is 80.0 Å². The first-order valence-corrected chi connectivity index (χ1v) is 14.6. The molecule has 0 aromatic heterocycles. The fourth-order valence-electron chi connectivity index (χ4n) is 4.29. The number of anilines is 1. The molecule has 1 radical (unpaired) electrons. The van der Waals surface area contributed by atoms with Gasteiger partial charge in [-0.15, -0.1) is 0 Å². The van der Waals surface area contributed by atoms with Crippen molar-refractivity contribution >= 4 is 17.6 Å². The first-order chi connectivity index (χ1) is 19.2. The van der Waals surface area contributed by atoms with E-state index in [1.807, 2.05) is 0 Å². The molecule has 0 aliphatic heterocycles. The number of alkyl halides is 3. The molecular weight excluding hydrogens is 585 g/mol. The third-order valence-corrected chi connectivity index (χ3v) is 6.67. The molecule has 0 spiro atoms. The van der Waals surface area contributed by atoms with E-state index < -0.39 is 23.6 Å². The van der Waals surface area contributed by atoms with Gasteiger partial charge in [0.1, 0.15) is 0 Å². The number of allylic oxidation sites excluding steroid dienone is 1. The van der Waals surface area contributed by atoms with E-state index in [-0.39, 0.29) is 36.0 Å². The second-order valence-corrected chi connectivity index (χ2v) is 10.1. The Hall–Kier alpha value is -2.50. The van der Waals surface area contributed by atoms with Crippen LogP contribution in [0.2, 0.25) is 0 Å². The Morgan fingerprint density at radius 1 is 0.854 bits per heavy atom.